The van der Waals surface area contributed by atoms with Crippen molar-refractivity contribution >= 4 is 11.9 Å². The average Bonchev–Trinajstić information content (AvgIpc) is 2.59. The van der Waals surface area contributed by atoms with Crippen molar-refractivity contribution in [3.8, 4) is 0 Å². The number of hydrogen-bond donors (Lipinski definition) is 1. The lowest BCUT2D eigenvalue weighted by molar-refractivity contribution is 0.0690. The molecule has 0 saturated carbocycles. The van der Waals surface area contributed by atoms with Gasteiger partial charge in [0.15, 0.2) is 5.69 Å². The fourth-order valence-electron chi connectivity index (χ4n) is 2.65. The van der Waals surface area contributed by atoms with Crippen LogP contribution in [0.2, 0.25) is 0 Å². The van der Waals surface area contributed by atoms with Crippen LogP contribution >= 0.6 is 0 Å². The summed E-state index contributed by atoms with van der Waals surface area (Å²) in [5, 5.41) is 9.14. The Morgan fingerprint density at radius 1 is 1.45 bits per heavy atom. The molecule has 110 valence electrons. The lowest BCUT2D eigenvalue weighted by Gasteiger charge is -2.30. The van der Waals surface area contributed by atoms with E-state index in [0.29, 0.717) is 17.7 Å². The lowest BCUT2D eigenvalue weighted by Crippen LogP contribution is -2.41. The number of anilines is 1. The first-order valence-electron chi connectivity index (χ1n) is 7.05. The van der Waals surface area contributed by atoms with E-state index in [-0.39, 0.29) is 5.69 Å². The van der Waals surface area contributed by atoms with E-state index in [0.717, 1.165) is 32.5 Å². The van der Waals surface area contributed by atoms with Gasteiger partial charge in [0.2, 0.25) is 5.95 Å². The highest BCUT2D eigenvalue weighted by Crippen LogP contribution is 2.19. The van der Waals surface area contributed by atoms with Gasteiger partial charge in [-0.1, -0.05) is 6.92 Å². The van der Waals surface area contributed by atoms with Crippen molar-refractivity contribution in [3.63, 3.8) is 0 Å². The Morgan fingerprint density at radius 2 is 2.20 bits per heavy atom. The largest absolute Gasteiger partial charge is 0.477 e. The molecule has 1 N–H and O–H groups in total. The number of aryl methyl sites for hydroxylation is 1. The normalized spacial score (nSPS) is 20.8. The minimum Gasteiger partial charge on any atom is -0.477 e. The van der Waals surface area contributed by atoms with E-state index < -0.39 is 5.97 Å². The first-order valence-corrected chi connectivity index (χ1v) is 7.05. The second kappa shape index (κ2) is 6.17. The maximum atomic E-state index is 11.1. The van der Waals surface area contributed by atoms with E-state index in [4.69, 9.17) is 5.11 Å². The molecule has 1 aliphatic heterocycles. The van der Waals surface area contributed by atoms with Gasteiger partial charge in [-0.3, -0.25) is 0 Å². The molecule has 2 heterocycles. The number of hydrogen-bond acceptors (Lipinski definition) is 5. The molecular weight excluding hydrogens is 256 g/mol. The lowest BCUT2D eigenvalue weighted by atomic mass is 10.2. The van der Waals surface area contributed by atoms with E-state index in [1.165, 1.54) is 6.07 Å². The van der Waals surface area contributed by atoms with Crippen LogP contribution in [0.4, 0.5) is 5.95 Å². The van der Waals surface area contributed by atoms with Gasteiger partial charge < -0.3 is 14.9 Å². The summed E-state index contributed by atoms with van der Waals surface area (Å²) in [5.41, 5.74) is 0.764. The Bertz CT molecular complexity index is 492. The molecule has 6 nitrogen and oxygen atoms in total. The standard InChI is InChI=1S/C14H22N4O2/c1-4-11-9-17(3)6-5-7-18(11)14-15-10(2)8-12(16-14)13(19)20/h8,11H,4-7,9H2,1-3H3,(H,19,20). The van der Waals surface area contributed by atoms with Crippen molar-refractivity contribution < 1.29 is 9.90 Å². The molecule has 1 aromatic rings. The van der Waals surface area contributed by atoms with Crippen LogP contribution in [0.5, 0.6) is 0 Å². The molecule has 0 aromatic carbocycles. The average molecular weight is 278 g/mol. The second-order valence-electron chi connectivity index (χ2n) is 5.37. The third kappa shape index (κ3) is 3.25. The Morgan fingerprint density at radius 3 is 2.85 bits per heavy atom. The highest BCUT2D eigenvalue weighted by Gasteiger charge is 2.25. The van der Waals surface area contributed by atoms with Gasteiger partial charge in [-0.05, 0) is 39.4 Å². The Kier molecular flexibility index (Phi) is 4.54. The molecule has 0 radical (unpaired) electrons. The molecule has 20 heavy (non-hydrogen) atoms. The summed E-state index contributed by atoms with van der Waals surface area (Å²) in [6.07, 6.45) is 2.02. The van der Waals surface area contributed by atoms with Gasteiger partial charge in [0, 0.05) is 24.8 Å². The predicted molar refractivity (Wildman–Crippen MR) is 77.3 cm³/mol. The number of likely N-dealkylation sites (N-methyl/N-ethyl adjacent to an activating group) is 1. The zero-order chi connectivity index (χ0) is 14.7. The molecule has 0 spiro atoms. The summed E-state index contributed by atoms with van der Waals surface area (Å²) in [6, 6.07) is 1.84. The quantitative estimate of drug-likeness (QED) is 0.901. The highest BCUT2D eigenvalue weighted by molar-refractivity contribution is 5.85. The Hall–Kier alpha value is -1.69. The number of aromatic nitrogens is 2. The fraction of sp³-hybridized carbons (Fsp3) is 0.643. The minimum absolute atomic E-state index is 0.0694. The third-order valence-corrected chi connectivity index (χ3v) is 3.69. The van der Waals surface area contributed by atoms with E-state index >= 15 is 0 Å². The Labute approximate surface area is 119 Å². The molecule has 2 rings (SSSR count). The smallest absolute Gasteiger partial charge is 0.354 e. The molecule has 0 aliphatic carbocycles. The summed E-state index contributed by atoms with van der Waals surface area (Å²) in [4.78, 5) is 24.3. The van der Waals surface area contributed by atoms with Gasteiger partial charge in [-0.2, -0.15) is 0 Å². The topological polar surface area (TPSA) is 69.6 Å². The van der Waals surface area contributed by atoms with Crippen LogP contribution in [0.3, 0.4) is 0 Å². The summed E-state index contributed by atoms with van der Waals surface area (Å²) in [7, 11) is 2.12. The van der Waals surface area contributed by atoms with Gasteiger partial charge in [-0.15, -0.1) is 0 Å². The van der Waals surface area contributed by atoms with Crippen LogP contribution in [0.25, 0.3) is 0 Å². The highest BCUT2D eigenvalue weighted by atomic mass is 16.4. The van der Waals surface area contributed by atoms with Crippen molar-refractivity contribution in [2.24, 2.45) is 0 Å². The molecule has 1 unspecified atom stereocenters. The van der Waals surface area contributed by atoms with E-state index in [2.05, 4.69) is 33.7 Å². The number of carboxylic acid groups (broad SMARTS) is 1. The van der Waals surface area contributed by atoms with Crippen LogP contribution in [0.15, 0.2) is 6.07 Å². The summed E-state index contributed by atoms with van der Waals surface area (Å²) < 4.78 is 0. The number of nitrogens with zero attached hydrogens (tertiary/aromatic N) is 4. The number of carbonyl (C=O) groups is 1. The monoisotopic (exact) mass is 278 g/mol. The molecule has 0 amide bonds. The molecule has 1 aliphatic rings. The van der Waals surface area contributed by atoms with E-state index in [1.54, 1.807) is 0 Å². The van der Waals surface area contributed by atoms with Crippen LogP contribution in [0.1, 0.15) is 35.9 Å². The minimum atomic E-state index is -1.00. The first-order chi connectivity index (χ1) is 9.51. The number of carboxylic acids is 1. The molecular formula is C14H22N4O2. The van der Waals surface area contributed by atoms with Crippen LogP contribution < -0.4 is 4.90 Å². The molecule has 1 saturated heterocycles. The SMILES string of the molecule is CCC1CN(C)CCCN1c1nc(C)cc(C(=O)O)n1. The zero-order valence-electron chi connectivity index (χ0n) is 12.3. The number of aromatic carboxylic acids is 1. The van der Waals surface area contributed by atoms with Crippen LogP contribution in [-0.4, -0.2) is 58.7 Å². The van der Waals surface area contributed by atoms with Crippen LogP contribution in [0, 0.1) is 6.92 Å². The maximum Gasteiger partial charge on any atom is 0.354 e. The van der Waals surface area contributed by atoms with Gasteiger partial charge in [0.05, 0.1) is 0 Å². The fourth-order valence-corrected chi connectivity index (χ4v) is 2.65. The summed E-state index contributed by atoms with van der Waals surface area (Å²) >= 11 is 0. The third-order valence-electron chi connectivity index (χ3n) is 3.69. The second-order valence-corrected chi connectivity index (χ2v) is 5.37. The molecule has 1 atom stereocenters. The van der Waals surface area contributed by atoms with Gasteiger partial charge >= 0.3 is 5.97 Å². The van der Waals surface area contributed by atoms with Crippen molar-refractivity contribution in [1.29, 1.82) is 0 Å². The van der Waals surface area contributed by atoms with Crippen molar-refractivity contribution in [1.82, 2.24) is 14.9 Å². The maximum absolute atomic E-state index is 11.1. The Balaban J connectivity index is 2.34. The first kappa shape index (κ1) is 14.7. The molecule has 0 bridgehead atoms. The van der Waals surface area contributed by atoms with Crippen molar-refractivity contribution in [3.05, 3.63) is 17.5 Å². The predicted octanol–water partition coefficient (Wildman–Crippen LogP) is 1.40. The molecule has 6 heteroatoms. The van der Waals surface area contributed by atoms with E-state index in [1.807, 2.05) is 6.92 Å². The van der Waals surface area contributed by atoms with Gasteiger partial charge in [0.1, 0.15) is 0 Å². The molecule has 1 aromatic heterocycles. The summed E-state index contributed by atoms with van der Waals surface area (Å²) in [6.45, 7) is 6.82. The van der Waals surface area contributed by atoms with Gasteiger partial charge in [-0.25, -0.2) is 14.8 Å². The zero-order valence-corrected chi connectivity index (χ0v) is 12.3. The molecule has 1 fully saturated rings. The van der Waals surface area contributed by atoms with Crippen molar-refractivity contribution in [2.75, 3.05) is 31.6 Å². The summed E-state index contributed by atoms with van der Waals surface area (Å²) in [5.74, 6) is -0.457. The van der Waals surface area contributed by atoms with E-state index in [9.17, 15) is 4.79 Å². The van der Waals surface area contributed by atoms with Crippen LogP contribution in [-0.2, 0) is 0 Å². The van der Waals surface area contributed by atoms with Gasteiger partial charge in [0.25, 0.3) is 0 Å². The van der Waals surface area contributed by atoms with Crippen molar-refractivity contribution in [2.45, 2.75) is 32.7 Å². The number of rotatable bonds is 3.